The fraction of sp³-hybridized carbons (Fsp3) is 0.136. The monoisotopic (exact) mass is 360 g/mol. The van der Waals surface area contributed by atoms with E-state index in [4.69, 9.17) is 0 Å². The average molecular weight is 360 g/mol. The minimum atomic E-state index is -0.127. The van der Waals surface area contributed by atoms with E-state index in [-0.39, 0.29) is 11.9 Å². The molecule has 0 saturated carbocycles. The number of carbonyl (C=O) groups is 1. The van der Waals surface area contributed by atoms with E-state index in [1.807, 2.05) is 67.5 Å². The molecule has 0 saturated heterocycles. The number of nitrogens with zero attached hydrogens (tertiary/aromatic N) is 1. The van der Waals surface area contributed by atoms with Crippen molar-refractivity contribution in [2.45, 2.75) is 13.0 Å². The number of fused-ring (bicyclic) bond motifs is 1. The largest absolute Gasteiger partial charge is 0.361 e. The van der Waals surface area contributed by atoms with Crippen LogP contribution in [0.4, 0.5) is 0 Å². The van der Waals surface area contributed by atoms with Crippen LogP contribution < -0.4 is 0 Å². The lowest BCUT2D eigenvalue weighted by atomic mass is 10.0. The summed E-state index contributed by atoms with van der Waals surface area (Å²) in [5, 5.41) is 3.21. The Morgan fingerprint density at radius 1 is 1.04 bits per heavy atom. The number of carbonyl (C=O) groups excluding carboxylic acids is 1. The summed E-state index contributed by atoms with van der Waals surface area (Å²) in [4.78, 5) is 19.6. The molecule has 0 bridgehead atoms. The minimum Gasteiger partial charge on any atom is -0.361 e. The molecule has 2 heterocycles. The van der Waals surface area contributed by atoms with Crippen LogP contribution in [0.1, 0.15) is 32.4 Å². The van der Waals surface area contributed by atoms with E-state index in [2.05, 4.69) is 28.6 Å². The Hall–Kier alpha value is -2.85. The van der Waals surface area contributed by atoms with Crippen LogP contribution in [0.15, 0.2) is 72.2 Å². The normalized spacial score (nSPS) is 12.2. The van der Waals surface area contributed by atoms with Gasteiger partial charge in [-0.25, -0.2) is 0 Å². The Morgan fingerprint density at radius 3 is 2.58 bits per heavy atom. The van der Waals surface area contributed by atoms with Gasteiger partial charge in [-0.3, -0.25) is 4.79 Å². The number of aryl methyl sites for hydroxylation is 1. The van der Waals surface area contributed by atoms with Gasteiger partial charge in [0, 0.05) is 40.2 Å². The number of rotatable bonds is 4. The quantitative estimate of drug-likeness (QED) is 0.520. The molecular formula is C22H20N2OS. The topological polar surface area (TPSA) is 36.1 Å². The molecule has 2 aromatic carbocycles. The summed E-state index contributed by atoms with van der Waals surface area (Å²) in [5.74, 6) is 0.0341. The molecular weight excluding hydrogens is 340 g/mol. The van der Waals surface area contributed by atoms with Crippen LogP contribution in [0.3, 0.4) is 0 Å². The van der Waals surface area contributed by atoms with Crippen LogP contribution in [0.2, 0.25) is 0 Å². The standard InChI is InChI=1S/C22H20N2OS/c1-15-8-3-4-9-16(15)22(25)24(2)21(20-12-7-13-26-20)18-14-23-19-11-6-5-10-17(18)19/h3-14,21,23H,1-2H3/t21-/m0/s1. The molecule has 1 amide bonds. The van der Waals surface area contributed by atoms with Crippen LogP contribution in [-0.4, -0.2) is 22.8 Å². The highest BCUT2D eigenvalue weighted by molar-refractivity contribution is 7.10. The van der Waals surface area contributed by atoms with Gasteiger partial charge in [0.25, 0.3) is 5.91 Å². The van der Waals surface area contributed by atoms with Crippen molar-refractivity contribution < 1.29 is 4.79 Å². The third-order valence-corrected chi connectivity index (χ3v) is 5.74. The van der Waals surface area contributed by atoms with Crippen LogP contribution in [0.25, 0.3) is 10.9 Å². The summed E-state index contributed by atoms with van der Waals surface area (Å²) in [5.41, 5.74) is 3.94. The first kappa shape index (κ1) is 16.6. The molecule has 2 aromatic heterocycles. The molecule has 0 spiro atoms. The Kier molecular flexibility index (Phi) is 4.35. The number of benzene rings is 2. The predicted molar refractivity (Wildman–Crippen MR) is 108 cm³/mol. The number of hydrogen-bond donors (Lipinski definition) is 1. The van der Waals surface area contributed by atoms with Crippen molar-refractivity contribution in [3.05, 3.63) is 93.8 Å². The Bertz CT molecular complexity index is 1050. The fourth-order valence-corrected chi connectivity index (χ4v) is 4.33. The number of hydrogen-bond acceptors (Lipinski definition) is 2. The summed E-state index contributed by atoms with van der Waals surface area (Å²) in [7, 11) is 1.89. The number of H-pyrrole nitrogens is 1. The van der Waals surface area contributed by atoms with Crippen molar-refractivity contribution in [3.63, 3.8) is 0 Å². The fourth-order valence-electron chi connectivity index (χ4n) is 3.44. The second kappa shape index (κ2) is 6.81. The second-order valence-corrected chi connectivity index (χ2v) is 7.42. The molecule has 4 heteroatoms. The van der Waals surface area contributed by atoms with Gasteiger partial charge in [-0.05, 0) is 36.1 Å². The Balaban J connectivity index is 1.82. The molecule has 0 aliphatic heterocycles. The van der Waals surface area contributed by atoms with Crippen LogP contribution >= 0.6 is 11.3 Å². The molecule has 0 aliphatic carbocycles. The molecule has 0 fully saturated rings. The number of thiophene rings is 1. The summed E-state index contributed by atoms with van der Waals surface area (Å²) in [6.45, 7) is 1.98. The summed E-state index contributed by atoms with van der Waals surface area (Å²) in [6, 6.07) is 20.0. The van der Waals surface area contributed by atoms with Crippen molar-refractivity contribution in [1.29, 1.82) is 0 Å². The Morgan fingerprint density at radius 2 is 1.81 bits per heavy atom. The average Bonchev–Trinajstić information content (AvgIpc) is 3.33. The van der Waals surface area contributed by atoms with E-state index in [9.17, 15) is 4.79 Å². The predicted octanol–water partition coefficient (Wildman–Crippen LogP) is 5.40. The molecule has 0 aliphatic rings. The first-order chi connectivity index (χ1) is 12.7. The maximum atomic E-state index is 13.3. The second-order valence-electron chi connectivity index (χ2n) is 6.44. The zero-order valence-electron chi connectivity index (χ0n) is 14.8. The van der Waals surface area contributed by atoms with Crippen LogP contribution in [0.5, 0.6) is 0 Å². The highest BCUT2D eigenvalue weighted by Gasteiger charge is 2.27. The van der Waals surface area contributed by atoms with Crippen molar-refractivity contribution in [2.75, 3.05) is 7.05 Å². The molecule has 1 atom stereocenters. The first-order valence-electron chi connectivity index (χ1n) is 8.59. The molecule has 4 aromatic rings. The van der Waals surface area contributed by atoms with Crippen molar-refractivity contribution in [1.82, 2.24) is 9.88 Å². The van der Waals surface area contributed by atoms with Gasteiger partial charge in [-0.2, -0.15) is 0 Å². The van der Waals surface area contributed by atoms with Gasteiger partial charge in [-0.1, -0.05) is 42.5 Å². The smallest absolute Gasteiger partial charge is 0.254 e. The highest BCUT2D eigenvalue weighted by Crippen LogP contribution is 2.36. The lowest BCUT2D eigenvalue weighted by Gasteiger charge is -2.28. The first-order valence-corrected chi connectivity index (χ1v) is 9.47. The van der Waals surface area contributed by atoms with E-state index in [0.717, 1.165) is 32.5 Å². The Labute approximate surface area is 156 Å². The third-order valence-electron chi connectivity index (χ3n) is 4.81. The van der Waals surface area contributed by atoms with Gasteiger partial charge in [0.1, 0.15) is 0 Å². The number of aromatic nitrogens is 1. The van der Waals surface area contributed by atoms with Gasteiger partial charge in [0.2, 0.25) is 0 Å². The zero-order valence-corrected chi connectivity index (χ0v) is 15.6. The lowest BCUT2D eigenvalue weighted by Crippen LogP contribution is -2.32. The molecule has 3 nitrogen and oxygen atoms in total. The molecule has 0 unspecified atom stereocenters. The number of aromatic amines is 1. The molecule has 0 radical (unpaired) electrons. The van der Waals surface area contributed by atoms with Crippen LogP contribution in [0, 0.1) is 6.92 Å². The minimum absolute atomic E-state index is 0.0341. The zero-order chi connectivity index (χ0) is 18.1. The van der Waals surface area contributed by atoms with Crippen molar-refractivity contribution >= 4 is 28.1 Å². The van der Waals surface area contributed by atoms with E-state index >= 15 is 0 Å². The SMILES string of the molecule is Cc1ccccc1C(=O)N(C)[C@H](c1cccs1)c1c[nH]c2ccccc12. The van der Waals surface area contributed by atoms with Gasteiger partial charge in [0.05, 0.1) is 6.04 Å². The molecule has 26 heavy (non-hydrogen) atoms. The van der Waals surface area contributed by atoms with Gasteiger partial charge in [0.15, 0.2) is 0 Å². The number of amides is 1. The number of nitrogens with one attached hydrogen (secondary N) is 1. The summed E-state index contributed by atoms with van der Waals surface area (Å²) < 4.78 is 0. The van der Waals surface area contributed by atoms with Gasteiger partial charge >= 0.3 is 0 Å². The maximum absolute atomic E-state index is 13.3. The lowest BCUT2D eigenvalue weighted by molar-refractivity contribution is 0.0757. The number of para-hydroxylation sites is 1. The summed E-state index contributed by atoms with van der Waals surface area (Å²) >= 11 is 1.68. The summed E-state index contributed by atoms with van der Waals surface area (Å²) in [6.07, 6.45) is 2.02. The van der Waals surface area contributed by atoms with Gasteiger partial charge in [-0.15, -0.1) is 11.3 Å². The molecule has 130 valence electrons. The van der Waals surface area contributed by atoms with E-state index in [1.54, 1.807) is 11.3 Å². The van der Waals surface area contributed by atoms with Crippen molar-refractivity contribution in [2.24, 2.45) is 0 Å². The maximum Gasteiger partial charge on any atom is 0.254 e. The van der Waals surface area contributed by atoms with Crippen molar-refractivity contribution in [3.8, 4) is 0 Å². The van der Waals surface area contributed by atoms with Crippen LogP contribution in [-0.2, 0) is 0 Å². The molecule has 4 rings (SSSR count). The van der Waals surface area contributed by atoms with E-state index in [0.29, 0.717) is 0 Å². The van der Waals surface area contributed by atoms with E-state index < -0.39 is 0 Å². The molecule has 1 N–H and O–H groups in total. The highest BCUT2D eigenvalue weighted by atomic mass is 32.1. The van der Waals surface area contributed by atoms with E-state index in [1.165, 1.54) is 0 Å². The third kappa shape index (κ3) is 2.82. The van der Waals surface area contributed by atoms with Gasteiger partial charge < -0.3 is 9.88 Å².